The highest BCUT2D eigenvalue weighted by Crippen LogP contribution is 2.24. The van der Waals surface area contributed by atoms with Gasteiger partial charge in [0.05, 0.1) is 12.2 Å². The number of nitrogens with zero attached hydrogens (tertiary/aromatic N) is 4. The SMILES string of the molecule is Clc1nss/c1=N\c1cc(-c2ccccc2)nn1Cc1ccccc1. The first-order chi connectivity index (χ1) is 12.3. The predicted molar refractivity (Wildman–Crippen MR) is 103 cm³/mol. The lowest BCUT2D eigenvalue weighted by Crippen LogP contribution is -2.03. The summed E-state index contributed by atoms with van der Waals surface area (Å²) in [5.74, 6) is 0.765. The van der Waals surface area contributed by atoms with Crippen molar-refractivity contribution in [2.45, 2.75) is 6.54 Å². The third-order valence-electron chi connectivity index (χ3n) is 3.63. The Morgan fingerprint density at radius 1 is 1.00 bits per heavy atom. The number of benzene rings is 2. The molecule has 0 fully saturated rings. The van der Waals surface area contributed by atoms with Crippen molar-refractivity contribution in [3.05, 3.63) is 82.1 Å². The van der Waals surface area contributed by atoms with Crippen LogP contribution in [0.1, 0.15) is 5.56 Å². The van der Waals surface area contributed by atoms with E-state index < -0.39 is 0 Å². The van der Waals surface area contributed by atoms with E-state index in [0.29, 0.717) is 16.4 Å². The zero-order chi connectivity index (χ0) is 17.1. The normalized spacial score (nSPS) is 11.8. The second-order valence-electron chi connectivity index (χ2n) is 5.35. The molecular formula is C18H13ClN4S2. The molecule has 0 N–H and O–H groups in total. The van der Waals surface area contributed by atoms with Crippen molar-refractivity contribution >= 4 is 38.3 Å². The smallest absolute Gasteiger partial charge is 0.179 e. The molecule has 0 spiro atoms. The molecule has 0 unspecified atom stereocenters. The number of hydrogen-bond donors (Lipinski definition) is 0. The molecule has 124 valence electrons. The Hall–Kier alpha value is -2.28. The summed E-state index contributed by atoms with van der Waals surface area (Å²) >= 11 is 6.11. The topological polar surface area (TPSA) is 43.1 Å². The lowest BCUT2D eigenvalue weighted by atomic mass is 10.2. The van der Waals surface area contributed by atoms with Crippen LogP contribution in [0.3, 0.4) is 0 Å². The Morgan fingerprint density at radius 2 is 1.72 bits per heavy atom. The third kappa shape index (κ3) is 3.71. The quantitative estimate of drug-likeness (QED) is 0.464. The van der Waals surface area contributed by atoms with Crippen molar-refractivity contribution in [2.75, 3.05) is 0 Å². The van der Waals surface area contributed by atoms with Crippen LogP contribution in [0.25, 0.3) is 11.3 Å². The minimum Gasteiger partial charge on any atom is -0.243 e. The van der Waals surface area contributed by atoms with Crippen molar-refractivity contribution < 1.29 is 0 Å². The molecule has 0 amide bonds. The average molecular weight is 385 g/mol. The van der Waals surface area contributed by atoms with Crippen LogP contribution in [0.2, 0.25) is 5.15 Å². The van der Waals surface area contributed by atoms with Gasteiger partial charge in [-0.1, -0.05) is 72.3 Å². The highest BCUT2D eigenvalue weighted by Gasteiger charge is 2.10. The van der Waals surface area contributed by atoms with E-state index >= 15 is 0 Å². The Morgan fingerprint density at radius 3 is 2.40 bits per heavy atom. The van der Waals surface area contributed by atoms with E-state index in [9.17, 15) is 0 Å². The maximum absolute atomic E-state index is 6.11. The third-order valence-corrected chi connectivity index (χ3v) is 5.80. The summed E-state index contributed by atoms with van der Waals surface area (Å²) in [6, 6.07) is 22.3. The lowest BCUT2D eigenvalue weighted by molar-refractivity contribution is 0.691. The first kappa shape index (κ1) is 16.2. The highest BCUT2D eigenvalue weighted by molar-refractivity contribution is 7.66. The molecule has 0 radical (unpaired) electrons. The molecule has 0 bridgehead atoms. The fraction of sp³-hybridized carbons (Fsp3) is 0.0556. The molecule has 0 saturated heterocycles. The number of rotatable bonds is 4. The van der Waals surface area contributed by atoms with Gasteiger partial charge in [-0.15, -0.1) is 0 Å². The van der Waals surface area contributed by atoms with Crippen LogP contribution >= 0.6 is 32.5 Å². The predicted octanol–water partition coefficient (Wildman–Crippen LogP) is 5.00. The van der Waals surface area contributed by atoms with E-state index in [1.54, 1.807) is 0 Å². The second-order valence-corrected chi connectivity index (χ2v) is 7.54. The van der Waals surface area contributed by atoms with Crippen molar-refractivity contribution in [2.24, 2.45) is 4.99 Å². The van der Waals surface area contributed by atoms with Crippen LogP contribution in [-0.4, -0.2) is 14.2 Å². The first-order valence-electron chi connectivity index (χ1n) is 7.63. The standard InChI is InChI=1S/C18H13ClN4S2/c19-17-18(24-25-22-17)20-16-11-15(14-9-5-2-6-10-14)21-23(16)12-13-7-3-1-4-8-13/h1-11H,12H2/b20-18-. The summed E-state index contributed by atoms with van der Waals surface area (Å²) in [5, 5.41) is 5.19. The van der Waals surface area contributed by atoms with E-state index in [1.807, 2.05) is 59.3 Å². The maximum Gasteiger partial charge on any atom is 0.179 e. The zero-order valence-electron chi connectivity index (χ0n) is 13.0. The summed E-state index contributed by atoms with van der Waals surface area (Å²) in [6.45, 7) is 0.645. The minimum absolute atomic E-state index is 0.434. The zero-order valence-corrected chi connectivity index (χ0v) is 15.4. The van der Waals surface area contributed by atoms with Crippen LogP contribution in [0.15, 0.2) is 71.7 Å². The molecule has 4 aromatic rings. The van der Waals surface area contributed by atoms with E-state index in [-0.39, 0.29) is 0 Å². The number of aromatic nitrogens is 3. The summed E-state index contributed by atoms with van der Waals surface area (Å²) < 4.78 is 6.70. The molecule has 25 heavy (non-hydrogen) atoms. The highest BCUT2D eigenvalue weighted by atomic mass is 35.5. The van der Waals surface area contributed by atoms with Gasteiger partial charge in [0.2, 0.25) is 0 Å². The van der Waals surface area contributed by atoms with Gasteiger partial charge in [-0.25, -0.2) is 9.67 Å². The molecule has 7 heteroatoms. The summed E-state index contributed by atoms with van der Waals surface area (Å²) in [7, 11) is 2.79. The van der Waals surface area contributed by atoms with Gasteiger partial charge in [-0.3, -0.25) is 0 Å². The van der Waals surface area contributed by atoms with E-state index in [2.05, 4.69) is 21.5 Å². The molecule has 0 saturated carbocycles. The molecule has 2 aromatic carbocycles. The van der Waals surface area contributed by atoms with E-state index in [4.69, 9.17) is 16.7 Å². The Labute approximate surface area is 157 Å². The van der Waals surface area contributed by atoms with Crippen molar-refractivity contribution in [3.8, 4) is 11.3 Å². The van der Waals surface area contributed by atoms with Gasteiger partial charge in [0.25, 0.3) is 0 Å². The van der Waals surface area contributed by atoms with Gasteiger partial charge in [0, 0.05) is 22.2 Å². The summed E-state index contributed by atoms with van der Waals surface area (Å²) in [6.07, 6.45) is 0. The van der Waals surface area contributed by atoms with Crippen LogP contribution in [-0.2, 0) is 6.54 Å². The van der Waals surface area contributed by atoms with E-state index in [0.717, 1.165) is 17.1 Å². The van der Waals surface area contributed by atoms with Gasteiger partial charge in [-0.05, 0) is 15.9 Å². The molecule has 2 aromatic heterocycles. The van der Waals surface area contributed by atoms with Crippen molar-refractivity contribution in [1.82, 2.24) is 14.2 Å². The maximum atomic E-state index is 6.11. The summed E-state index contributed by atoms with van der Waals surface area (Å²) in [5.41, 5.74) is 3.11. The Kier molecular flexibility index (Phi) is 4.74. The van der Waals surface area contributed by atoms with Crippen LogP contribution in [0, 0.1) is 0 Å². The number of hydrogen-bond acceptors (Lipinski definition) is 5. The minimum atomic E-state index is 0.434. The molecule has 2 heterocycles. The van der Waals surface area contributed by atoms with Gasteiger partial charge in [0.15, 0.2) is 15.6 Å². The largest absolute Gasteiger partial charge is 0.243 e. The van der Waals surface area contributed by atoms with Gasteiger partial charge in [0.1, 0.15) is 0 Å². The Balaban J connectivity index is 1.80. The van der Waals surface area contributed by atoms with E-state index in [1.165, 1.54) is 26.4 Å². The van der Waals surface area contributed by atoms with Crippen LogP contribution in [0.4, 0.5) is 5.82 Å². The first-order valence-corrected chi connectivity index (χ1v) is 10.1. The molecule has 0 atom stereocenters. The van der Waals surface area contributed by atoms with Crippen LogP contribution in [0.5, 0.6) is 0 Å². The average Bonchev–Trinajstić information content (AvgIpc) is 3.24. The molecular weight excluding hydrogens is 372 g/mol. The van der Waals surface area contributed by atoms with Crippen molar-refractivity contribution in [3.63, 3.8) is 0 Å². The fourth-order valence-corrected chi connectivity index (χ4v) is 4.43. The van der Waals surface area contributed by atoms with Crippen molar-refractivity contribution in [1.29, 1.82) is 0 Å². The summed E-state index contributed by atoms with van der Waals surface area (Å²) in [4.78, 5) is 4.68. The lowest BCUT2D eigenvalue weighted by Gasteiger charge is -2.04. The molecule has 4 nitrogen and oxygen atoms in total. The monoisotopic (exact) mass is 384 g/mol. The molecule has 4 rings (SSSR count). The molecule has 0 aliphatic rings. The van der Waals surface area contributed by atoms with Gasteiger partial charge >= 0.3 is 0 Å². The molecule has 0 aliphatic carbocycles. The van der Waals surface area contributed by atoms with Gasteiger partial charge in [-0.2, -0.15) is 9.47 Å². The number of halogens is 1. The van der Waals surface area contributed by atoms with Gasteiger partial charge < -0.3 is 0 Å². The molecule has 0 aliphatic heterocycles. The Bertz CT molecular complexity index is 1040. The fourth-order valence-electron chi connectivity index (χ4n) is 2.45. The van der Waals surface area contributed by atoms with Crippen LogP contribution < -0.4 is 4.67 Å². The second kappa shape index (κ2) is 7.31.